The lowest BCUT2D eigenvalue weighted by atomic mass is 10.0. The fourth-order valence-corrected chi connectivity index (χ4v) is 9.43. The van der Waals surface area contributed by atoms with Gasteiger partial charge < -0.3 is 35.2 Å². The molecular weight excluding hydrogens is 805 g/mol. The van der Waals surface area contributed by atoms with Crippen LogP contribution >= 0.6 is 11.6 Å². The van der Waals surface area contributed by atoms with Crippen molar-refractivity contribution in [3.05, 3.63) is 58.1 Å². The van der Waals surface area contributed by atoms with Crippen LogP contribution in [0.3, 0.4) is 0 Å². The molecule has 3 N–H and O–H groups in total. The molecule has 0 saturated carbocycles. The highest BCUT2D eigenvalue weighted by Crippen LogP contribution is 2.38. The fourth-order valence-electron chi connectivity index (χ4n) is 9.19. The number of carbonyl (C=O) groups is 4. The zero-order chi connectivity index (χ0) is 42.4. The number of rotatable bonds is 11. The molecule has 0 spiro atoms. The van der Waals surface area contributed by atoms with Crippen molar-refractivity contribution in [1.29, 1.82) is 0 Å². The fraction of sp³-hybridized carbons (Fsp3) is 0.619. The van der Waals surface area contributed by atoms with E-state index in [9.17, 15) is 32.3 Å². The normalized spacial score (nSPS) is 21.0. The average Bonchev–Trinajstić information content (AvgIpc) is 3.69. The van der Waals surface area contributed by atoms with E-state index < -0.39 is 35.5 Å². The number of nitrogen functional groups attached to an aromatic ring is 1. The molecule has 0 bridgehead atoms. The minimum atomic E-state index is -4.79. The molecule has 1 atom stereocenters. The van der Waals surface area contributed by atoms with Crippen LogP contribution in [0.4, 0.5) is 34.1 Å². The van der Waals surface area contributed by atoms with Gasteiger partial charge in [-0.25, -0.2) is 9.59 Å². The molecule has 2 aromatic carbocycles. The predicted molar refractivity (Wildman–Crippen MR) is 220 cm³/mol. The topological polar surface area (TPSA) is 144 Å². The quantitative estimate of drug-likeness (QED) is 0.239. The van der Waals surface area contributed by atoms with Gasteiger partial charge in [0.2, 0.25) is 0 Å². The summed E-state index contributed by atoms with van der Waals surface area (Å²) in [6, 6.07) is 9.75. The third-order valence-corrected chi connectivity index (χ3v) is 13.0. The summed E-state index contributed by atoms with van der Waals surface area (Å²) in [4.78, 5) is 65.2. The number of nitrogens with zero attached hydrogens (tertiary/aromatic N) is 6. The van der Waals surface area contributed by atoms with Crippen molar-refractivity contribution in [2.24, 2.45) is 0 Å². The highest BCUT2D eigenvalue weighted by molar-refractivity contribution is 6.33. The molecule has 4 amide bonds. The third-order valence-electron chi connectivity index (χ3n) is 12.7. The molecule has 0 radical (unpaired) electrons. The van der Waals surface area contributed by atoms with Gasteiger partial charge in [-0.15, -0.1) is 0 Å². The SMILES string of the molecule is Nc1c(Cl)cc(C[C@@H](OC(=O)N2CCC(N3CCc4ccccc4NC3=O)CC2)C(=O)N2CCN(C3CCN(CC(=O)OCCN4CCCC4)CC3)CC2)cc1C(F)(F)F. The molecule has 0 unspecified atom stereocenters. The summed E-state index contributed by atoms with van der Waals surface area (Å²) in [5.74, 6) is -0.706. The Bertz CT molecular complexity index is 1840. The standard InChI is InChI=1S/C42H56ClF3N8O6/c43-34-26-29(25-33(38(34)47)42(44,45)46)27-36(60-41(58)53-16-10-32(11-17-53)54-18-7-30-5-1-2-6-35(30)48-40(54)57)39(56)52-21-19-51(20-22-52)31-8-14-50(15-9-31)28-37(55)59-24-23-49-12-3-4-13-49/h1-2,5-6,25-26,31-32,36H,3-4,7-24,27-28,47H2,(H,48,57)/t36-/m1/s1. The maximum atomic E-state index is 14.2. The number of fused-ring (bicyclic) bond motifs is 1. The van der Waals surface area contributed by atoms with Gasteiger partial charge in [0, 0.05) is 89.6 Å². The van der Waals surface area contributed by atoms with E-state index in [2.05, 4.69) is 20.0 Å². The Morgan fingerprint density at radius 3 is 2.23 bits per heavy atom. The molecule has 5 aliphatic heterocycles. The van der Waals surface area contributed by atoms with Crippen LogP contribution in [0, 0.1) is 0 Å². The molecule has 4 saturated heterocycles. The van der Waals surface area contributed by atoms with E-state index in [0.717, 1.165) is 62.9 Å². The van der Waals surface area contributed by atoms with Crippen molar-refractivity contribution in [2.75, 3.05) is 103 Å². The van der Waals surface area contributed by atoms with Crippen molar-refractivity contribution >= 4 is 47.0 Å². The Kier molecular flexibility index (Phi) is 14.3. The number of urea groups is 1. The van der Waals surface area contributed by atoms with Gasteiger partial charge in [-0.3, -0.25) is 24.3 Å². The summed E-state index contributed by atoms with van der Waals surface area (Å²) < 4.78 is 53.2. The van der Waals surface area contributed by atoms with Crippen LogP contribution in [-0.4, -0.2) is 163 Å². The number of nitrogens with one attached hydrogen (secondary N) is 1. The van der Waals surface area contributed by atoms with E-state index >= 15 is 0 Å². The first-order valence-corrected chi connectivity index (χ1v) is 21.6. The molecule has 4 fully saturated rings. The summed E-state index contributed by atoms with van der Waals surface area (Å²) >= 11 is 6.15. The number of halogens is 4. The molecule has 0 aromatic heterocycles. The van der Waals surface area contributed by atoms with Crippen LogP contribution in [0.2, 0.25) is 5.02 Å². The molecule has 7 rings (SSSR count). The first-order chi connectivity index (χ1) is 28.8. The van der Waals surface area contributed by atoms with E-state index in [4.69, 9.17) is 26.8 Å². The monoisotopic (exact) mass is 860 g/mol. The predicted octanol–water partition coefficient (Wildman–Crippen LogP) is 4.79. The number of piperidine rings is 2. The lowest BCUT2D eigenvalue weighted by molar-refractivity contribution is -0.145. The van der Waals surface area contributed by atoms with Crippen LogP contribution in [-0.2, 0) is 38.1 Å². The number of hydrogen-bond acceptors (Lipinski definition) is 10. The van der Waals surface area contributed by atoms with Gasteiger partial charge in [-0.05, 0) is 87.4 Å². The third kappa shape index (κ3) is 10.9. The molecule has 2 aromatic rings. The van der Waals surface area contributed by atoms with E-state index in [0.29, 0.717) is 58.6 Å². The molecule has 18 heteroatoms. The number of benzene rings is 2. The molecule has 0 aliphatic carbocycles. The summed E-state index contributed by atoms with van der Waals surface area (Å²) in [5.41, 5.74) is 5.84. The maximum Gasteiger partial charge on any atom is 0.418 e. The number of anilines is 2. The minimum absolute atomic E-state index is 0.0559. The first-order valence-electron chi connectivity index (χ1n) is 21.2. The number of esters is 1. The van der Waals surface area contributed by atoms with Crippen LogP contribution in [0.1, 0.15) is 55.2 Å². The molecular formula is C42H56ClF3N8O6. The molecule has 60 heavy (non-hydrogen) atoms. The molecule has 14 nitrogen and oxygen atoms in total. The van der Waals surface area contributed by atoms with Crippen molar-refractivity contribution in [1.82, 2.24) is 29.4 Å². The van der Waals surface area contributed by atoms with Crippen LogP contribution in [0.15, 0.2) is 36.4 Å². The van der Waals surface area contributed by atoms with E-state index in [1.165, 1.54) is 23.8 Å². The summed E-state index contributed by atoms with van der Waals surface area (Å²) in [6.45, 7) is 7.99. The van der Waals surface area contributed by atoms with Gasteiger partial charge in [0.15, 0.2) is 6.10 Å². The van der Waals surface area contributed by atoms with Gasteiger partial charge >= 0.3 is 24.3 Å². The Labute approximate surface area is 354 Å². The van der Waals surface area contributed by atoms with Gasteiger partial charge in [0.25, 0.3) is 5.91 Å². The Morgan fingerprint density at radius 1 is 0.850 bits per heavy atom. The summed E-state index contributed by atoms with van der Waals surface area (Å²) in [5, 5.41) is 2.68. The number of alkyl halides is 3. The van der Waals surface area contributed by atoms with Crippen molar-refractivity contribution < 1.29 is 41.8 Å². The van der Waals surface area contributed by atoms with Crippen molar-refractivity contribution in [3.63, 3.8) is 0 Å². The zero-order valence-corrected chi connectivity index (χ0v) is 34.7. The van der Waals surface area contributed by atoms with E-state index in [1.54, 1.807) is 9.80 Å². The number of amides is 4. The lowest BCUT2D eigenvalue weighted by Gasteiger charge is -2.43. The second-order valence-corrected chi connectivity index (χ2v) is 16.9. The van der Waals surface area contributed by atoms with Gasteiger partial charge in [0.05, 0.1) is 22.8 Å². The second kappa shape index (κ2) is 19.6. The Balaban J connectivity index is 0.933. The second-order valence-electron chi connectivity index (χ2n) is 16.5. The number of para-hydroxylation sites is 1. The largest absolute Gasteiger partial charge is 0.463 e. The maximum absolute atomic E-state index is 14.2. The van der Waals surface area contributed by atoms with E-state index in [1.807, 2.05) is 24.3 Å². The summed E-state index contributed by atoms with van der Waals surface area (Å²) in [6.07, 6.45) is -1.51. The van der Waals surface area contributed by atoms with Crippen LogP contribution in [0.5, 0.6) is 0 Å². The zero-order valence-electron chi connectivity index (χ0n) is 34.0. The number of carbonyl (C=O) groups excluding carboxylic acids is 4. The smallest absolute Gasteiger partial charge is 0.418 e. The number of nitrogens with two attached hydrogens (primary N) is 1. The van der Waals surface area contributed by atoms with Crippen LogP contribution in [0.25, 0.3) is 0 Å². The molecule has 5 aliphatic rings. The summed E-state index contributed by atoms with van der Waals surface area (Å²) in [7, 11) is 0. The van der Waals surface area contributed by atoms with Crippen molar-refractivity contribution in [3.8, 4) is 0 Å². The van der Waals surface area contributed by atoms with Gasteiger partial charge in [-0.1, -0.05) is 29.8 Å². The highest BCUT2D eigenvalue weighted by atomic mass is 35.5. The first kappa shape index (κ1) is 43.8. The molecule has 328 valence electrons. The number of ether oxygens (including phenoxy) is 2. The number of hydrogen-bond donors (Lipinski definition) is 2. The number of piperazine rings is 1. The molecule has 5 heterocycles. The van der Waals surface area contributed by atoms with Crippen LogP contribution < -0.4 is 11.1 Å². The lowest BCUT2D eigenvalue weighted by Crippen LogP contribution is -2.57. The Hall–Kier alpha value is -4.32. The van der Waals surface area contributed by atoms with Gasteiger partial charge in [-0.2, -0.15) is 13.2 Å². The van der Waals surface area contributed by atoms with Crippen molar-refractivity contribution in [2.45, 2.75) is 75.7 Å². The Morgan fingerprint density at radius 2 is 1.53 bits per heavy atom. The highest BCUT2D eigenvalue weighted by Gasteiger charge is 2.38. The minimum Gasteiger partial charge on any atom is -0.463 e. The van der Waals surface area contributed by atoms with E-state index in [-0.39, 0.29) is 60.7 Å². The average molecular weight is 861 g/mol. The van der Waals surface area contributed by atoms with Gasteiger partial charge in [0.1, 0.15) is 6.61 Å². The number of likely N-dealkylation sites (tertiary alicyclic amines) is 3.